The van der Waals surface area contributed by atoms with Crippen molar-refractivity contribution in [3.8, 4) is 0 Å². The molecule has 2 nitrogen and oxygen atoms in total. The summed E-state index contributed by atoms with van der Waals surface area (Å²) in [5, 5.41) is 0. The number of hydrogen-bond acceptors (Lipinski definition) is 2. The lowest BCUT2D eigenvalue weighted by Gasteiger charge is -2.40. The van der Waals surface area contributed by atoms with Gasteiger partial charge in [0, 0.05) is 13.1 Å². The van der Waals surface area contributed by atoms with E-state index in [1.165, 1.54) is 29.7 Å². The smallest absolute Gasteiger partial charge is 0.0645 e. The molecule has 2 heteroatoms. The minimum Gasteiger partial charge on any atom is -0.378 e. The van der Waals surface area contributed by atoms with Crippen LogP contribution < -0.4 is 0 Å². The summed E-state index contributed by atoms with van der Waals surface area (Å²) in [5.41, 5.74) is 4.44. The van der Waals surface area contributed by atoms with Crippen molar-refractivity contribution in [2.75, 3.05) is 19.8 Å². The monoisotopic (exact) mass is 233 g/mol. The lowest BCUT2D eigenvalue weighted by Crippen LogP contribution is -2.50. The van der Waals surface area contributed by atoms with E-state index >= 15 is 0 Å². The van der Waals surface area contributed by atoms with Gasteiger partial charge in [-0.2, -0.15) is 0 Å². The van der Waals surface area contributed by atoms with E-state index in [0.29, 0.717) is 6.04 Å². The Hall–Kier alpha value is -0.860. The lowest BCUT2D eigenvalue weighted by atomic mass is 9.96. The van der Waals surface area contributed by atoms with Gasteiger partial charge in [0.1, 0.15) is 0 Å². The molecule has 0 unspecified atom stereocenters. The summed E-state index contributed by atoms with van der Waals surface area (Å²) in [4.78, 5) is 2.56. The summed E-state index contributed by atoms with van der Waals surface area (Å²) >= 11 is 0. The fourth-order valence-electron chi connectivity index (χ4n) is 2.45. The van der Waals surface area contributed by atoms with Gasteiger partial charge in [0.2, 0.25) is 0 Å². The Kier molecular flexibility index (Phi) is 4.19. The maximum Gasteiger partial charge on any atom is 0.0645 e. The molecule has 0 bridgehead atoms. The average Bonchev–Trinajstić information content (AvgIpc) is 2.29. The Bertz CT molecular complexity index is 371. The van der Waals surface area contributed by atoms with Crippen LogP contribution in [0.1, 0.15) is 30.5 Å². The van der Waals surface area contributed by atoms with Crippen molar-refractivity contribution in [2.45, 2.75) is 39.8 Å². The lowest BCUT2D eigenvalue weighted by molar-refractivity contribution is -0.0695. The average molecular weight is 233 g/mol. The van der Waals surface area contributed by atoms with Crippen molar-refractivity contribution in [2.24, 2.45) is 0 Å². The largest absolute Gasteiger partial charge is 0.378 e. The second-order valence-electron chi connectivity index (χ2n) is 4.68. The van der Waals surface area contributed by atoms with Gasteiger partial charge in [-0.1, -0.05) is 37.6 Å². The maximum absolute atomic E-state index is 5.26. The van der Waals surface area contributed by atoms with Crippen LogP contribution in [0.5, 0.6) is 0 Å². The van der Waals surface area contributed by atoms with Crippen LogP contribution in [0.2, 0.25) is 0 Å². The summed E-state index contributed by atoms with van der Waals surface area (Å²) in [6.45, 7) is 10.4. The SMILES string of the molecule is CC.Cc1ccc2c(c1)CN(C1COC1)CC2. The molecule has 2 aliphatic rings. The minimum atomic E-state index is 0.679. The molecule has 0 aliphatic carbocycles. The second-order valence-corrected chi connectivity index (χ2v) is 4.68. The molecule has 1 aromatic carbocycles. The van der Waals surface area contributed by atoms with Gasteiger partial charge in [0.05, 0.1) is 19.3 Å². The third kappa shape index (κ3) is 2.70. The van der Waals surface area contributed by atoms with Crippen molar-refractivity contribution in [1.29, 1.82) is 0 Å². The van der Waals surface area contributed by atoms with Crippen LogP contribution in [0.25, 0.3) is 0 Å². The molecule has 0 atom stereocenters. The first kappa shape index (κ1) is 12.6. The number of rotatable bonds is 1. The van der Waals surface area contributed by atoms with E-state index in [0.717, 1.165) is 19.8 Å². The fraction of sp³-hybridized carbons (Fsp3) is 0.600. The zero-order chi connectivity index (χ0) is 12.3. The molecule has 1 aromatic rings. The van der Waals surface area contributed by atoms with E-state index in [1.807, 2.05) is 13.8 Å². The number of nitrogens with zero attached hydrogens (tertiary/aromatic N) is 1. The standard InChI is InChI=1S/C13H17NO.C2H6/c1-10-2-3-11-4-5-14(7-12(11)6-10)13-8-15-9-13;1-2/h2-3,6,13H,4-5,7-9H2,1H3;1-2H3. The van der Waals surface area contributed by atoms with Gasteiger partial charge in [0.15, 0.2) is 0 Å². The van der Waals surface area contributed by atoms with E-state index in [9.17, 15) is 0 Å². The Balaban J connectivity index is 0.000000514. The summed E-state index contributed by atoms with van der Waals surface area (Å²) in [6.07, 6.45) is 1.20. The zero-order valence-electron chi connectivity index (χ0n) is 11.2. The van der Waals surface area contributed by atoms with Crippen LogP contribution in [-0.4, -0.2) is 30.7 Å². The zero-order valence-corrected chi connectivity index (χ0v) is 11.2. The molecule has 2 heterocycles. The number of fused-ring (bicyclic) bond motifs is 1. The van der Waals surface area contributed by atoms with E-state index in [-0.39, 0.29) is 0 Å². The molecule has 1 saturated heterocycles. The topological polar surface area (TPSA) is 12.5 Å². The van der Waals surface area contributed by atoms with Crippen LogP contribution in [0.15, 0.2) is 18.2 Å². The van der Waals surface area contributed by atoms with E-state index in [2.05, 4.69) is 30.0 Å². The van der Waals surface area contributed by atoms with Crippen LogP contribution >= 0.6 is 0 Å². The highest BCUT2D eigenvalue weighted by Gasteiger charge is 2.28. The predicted molar refractivity (Wildman–Crippen MR) is 71.2 cm³/mol. The molecule has 2 aliphatic heterocycles. The molecular weight excluding hydrogens is 210 g/mol. The molecule has 0 radical (unpaired) electrons. The number of hydrogen-bond donors (Lipinski definition) is 0. The molecule has 94 valence electrons. The molecule has 0 amide bonds. The summed E-state index contributed by atoms with van der Waals surface area (Å²) in [5.74, 6) is 0. The van der Waals surface area contributed by atoms with E-state index < -0.39 is 0 Å². The normalized spacial score (nSPS) is 19.9. The molecule has 0 N–H and O–H groups in total. The van der Waals surface area contributed by atoms with Gasteiger partial charge < -0.3 is 4.74 Å². The third-order valence-electron chi connectivity index (χ3n) is 3.54. The highest BCUT2D eigenvalue weighted by atomic mass is 16.5. The van der Waals surface area contributed by atoms with Gasteiger partial charge in [0.25, 0.3) is 0 Å². The number of benzene rings is 1. The Morgan fingerprint density at radius 1 is 1.18 bits per heavy atom. The van der Waals surface area contributed by atoms with Gasteiger partial charge in [-0.3, -0.25) is 4.90 Å². The Morgan fingerprint density at radius 3 is 2.59 bits per heavy atom. The van der Waals surface area contributed by atoms with Crippen molar-refractivity contribution in [3.05, 3.63) is 34.9 Å². The number of aryl methyl sites for hydroxylation is 1. The van der Waals surface area contributed by atoms with Gasteiger partial charge in [-0.05, 0) is 24.5 Å². The highest BCUT2D eigenvalue weighted by molar-refractivity contribution is 5.33. The molecule has 0 saturated carbocycles. The molecular formula is C15H23NO. The van der Waals surface area contributed by atoms with Crippen molar-refractivity contribution in [3.63, 3.8) is 0 Å². The number of ether oxygens (including phenoxy) is 1. The van der Waals surface area contributed by atoms with E-state index in [4.69, 9.17) is 4.74 Å². The summed E-state index contributed by atoms with van der Waals surface area (Å²) < 4.78 is 5.26. The first-order chi connectivity index (χ1) is 8.33. The molecule has 3 rings (SSSR count). The van der Waals surface area contributed by atoms with Crippen LogP contribution in [-0.2, 0) is 17.7 Å². The van der Waals surface area contributed by atoms with Gasteiger partial charge in [-0.15, -0.1) is 0 Å². The Morgan fingerprint density at radius 2 is 1.94 bits per heavy atom. The van der Waals surface area contributed by atoms with Gasteiger partial charge in [-0.25, -0.2) is 0 Å². The minimum absolute atomic E-state index is 0.679. The molecule has 0 spiro atoms. The molecule has 0 aromatic heterocycles. The van der Waals surface area contributed by atoms with E-state index in [1.54, 1.807) is 0 Å². The summed E-state index contributed by atoms with van der Waals surface area (Å²) in [6, 6.07) is 7.53. The third-order valence-corrected chi connectivity index (χ3v) is 3.54. The van der Waals surface area contributed by atoms with Gasteiger partial charge >= 0.3 is 0 Å². The van der Waals surface area contributed by atoms with Crippen LogP contribution in [0.3, 0.4) is 0 Å². The van der Waals surface area contributed by atoms with Crippen molar-refractivity contribution < 1.29 is 4.74 Å². The first-order valence-corrected chi connectivity index (χ1v) is 6.73. The predicted octanol–water partition coefficient (Wildman–Crippen LogP) is 2.78. The maximum atomic E-state index is 5.26. The van der Waals surface area contributed by atoms with Crippen molar-refractivity contribution >= 4 is 0 Å². The second kappa shape index (κ2) is 5.65. The molecule has 17 heavy (non-hydrogen) atoms. The fourth-order valence-corrected chi connectivity index (χ4v) is 2.45. The molecule has 1 fully saturated rings. The highest BCUT2D eigenvalue weighted by Crippen LogP contribution is 2.23. The quantitative estimate of drug-likeness (QED) is 0.739. The van der Waals surface area contributed by atoms with Crippen LogP contribution in [0, 0.1) is 6.92 Å². The van der Waals surface area contributed by atoms with Crippen molar-refractivity contribution in [1.82, 2.24) is 4.90 Å². The summed E-state index contributed by atoms with van der Waals surface area (Å²) in [7, 11) is 0. The first-order valence-electron chi connectivity index (χ1n) is 6.73. The Labute approximate surface area is 105 Å². The van der Waals surface area contributed by atoms with Crippen LogP contribution in [0.4, 0.5) is 0 Å².